The van der Waals surface area contributed by atoms with E-state index in [9.17, 15) is 18.4 Å². The molecule has 0 spiro atoms. The first kappa shape index (κ1) is 24.1. The van der Waals surface area contributed by atoms with Crippen LogP contribution in [0.2, 0.25) is 0 Å². The number of benzene rings is 2. The van der Waals surface area contributed by atoms with Gasteiger partial charge in [0.2, 0.25) is 6.41 Å². The minimum atomic E-state index is -0.758. The van der Waals surface area contributed by atoms with Crippen LogP contribution in [0.15, 0.2) is 48.7 Å². The third kappa shape index (κ3) is 5.22. The molecule has 0 saturated carbocycles. The van der Waals surface area contributed by atoms with Gasteiger partial charge in [0.15, 0.2) is 11.6 Å². The van der Waals surface area contributed by atoms with Gasteiger partial charge in [0.1, 0.15) is 11.6 Å². The number of halogens is 2. The van der Waals surface area contributed by atoms with Gasteiger partial charge in [0.05, 0.1) is 11.3 Å². The molecule has 1 aromatic heterocycles. The maximum atomic E-state index is 14.5. The third-order valence-electron chi connectivity index (χ3n) is 5.91. The Hall–Kier alpha value is -4.05. The summed E-state index contributed by atoms with van der Waals surface area (Å²) in [6.07, 6.45) is 3.28. The number of anilines is 2. The number of rotatable bonds is 7. The molecule has 2 amide bonds. The summed E-state index contributed by atoms with van der Waals surface area (Å²) >= 11 is 0. The molecule has 0 aliphatic carbocycles. The number of aromatic nitrogens is 2. The van der Waals surface area contributed by atoms with E-state index in [-0.39, 0.29) is 17.3 Å². The number of imidazole rings is 1. The van der Waals surface area contributed by atoms with Crippen LogP contribution < -0.4 is 10.6 Å². The second kappa shape index (κ2) is 10.5. The van der Waals surface area contributed by atoms with Gasteiger partial charge >= 0.3 is 0 Å². The average Bonchev–Trinajstić information content (AvgIpc) is 3.14. The van der Waals surface area contributed by atoms with Gasteiger partial charge in [-0.2, -0.15) is 0 Å². The van der Waals surface area contributed by atoms with Crippen LogP contribution in [-0.2, 0) is 4.79 Å². The first-order chi connectivity index (χ1) is 16.9. The predicted octanol–water partition coefficient (Wildman–Crippen LogP) is 3.44. The first-order valence-corrected chi connectivity index (χ1v) is 11.1. The van der Waals surface area contributed by atoms with Crippen molar-refractivity contribution in [3.8, 4) is 11.4 Å². The number of carbonyl (C=O) groups is 2. The number of hydrogen-bond donors (Lipinski definition) is 2. The number of amides is 2. The van der Waals surface area contributed by atoms with E-state index in [0.29, 0.717) is 42.3 Å². The molecule has 8 nitrogen and oxygen atoms in total. The van der Waals surface area contributed by atoms with Crippen LogP contribution in [0.1, 0.15) is 16.1 Å². The summed E-state index contributed by atoms with van der Waals surface area (Å²) in [5.41, 5.74) is 1.51. The van der Waals surface area contributed by atoms with Crippen molar-refractivity contribution in [2.75, 3.05) is 38.5 Å². The maximum Gasteiger partial charge on any atom is 0.253 e. The SMILES string of the molecule is Cc1c(Nc2ccc(C(=O)N3CCN(C)CC3)cc2)nc(-c2c(F)cccc2F)n1/C=C\NC=O. The van der Waals surface area contributed by atoms with Crippen molar-refractivity contribution < 1.29 is 18.4 Å². The minimum absolute atomic E-state index is 0.0183. The summed E-state index contributed by atoms with van der Waals surface area (Å²) in [5, 5.41) is 5.53. The topological polar surface area (TPSA) is 82.5 Å². The molecule has 0 bridgehead atoms. The van der Waals surface area contributed by atoms with E-state index in [1.54, 1.807) is 31.2 Å². The van der Waals surface area contributed by atoms with Crippen molar-refractivity contribution in [3.05, 3.63) is 71.6 Å². The number of nitrogens with one attached hydrogen (secondary N) is 2. The number of likely N-dealkylation sites (N-methyl/N-ethyl adjacent to an activating group) is 1. The molecular weight excluding hydrogens is 454 g/mol. The smallest absolute Gasteiger partial charge is 0.253 e. The zero-order valence-corrected chi connectivity index (χ0v) is 19.5. The van der Waals surface area contributed by atoms with Gasteiger partial charge in [-0.05, 0) is 50.4 Å². The Balaban J connectivity index is 1.60. The van der Waals surface area contributed by atoms with Gasteiger partial charge in [0.25, 0.3) is 5.91 Å². The van der Waals surface area contributed by atoms with Crippen LogP contribution in [0.25, 0.3) is 17.6 Å². The fourth-order valence-corrected chi connectivity index (χ4v) is 3.88. The van der Waals surface area contributed by atoms with Crippen LogP contribution in [-0.4, -0.2) is 64.9 Å². The van der Waals surface area contributed by atoms with E-state index in [1.165, 1.54) is 23.0 Å². The van der Waals surface area contributed by atoms with Crippen molar-refractivity contribution in [2.45, 2.75) is 6.92 Å². The fraction of sp³-hybridized carbons (Fsp3) is 0.240. The summed E-state index contributed by atoms with van der Waals surface area (Å²) in [6.45, 7) is 4.79. The van der Waals surface area contributed by atoms with E-state index in [1.807, 2.05) is 11.9 Å². The number of hydrogen-bond acceptors (Lipinski definition) is 5. The number of carbonyl (C=O) groups excluding carboxylic acids is 2. The highest BCUT2D eigenvalue weighted by Crippen LogP contribution is 2.31. The second-order valence-corrected chi connectivity index (χ2v) is 8.23. The molecule has 3 aromatic rings. The van der Waals surface area contributed by atoms with Gasteiger partial charge in [0, 0.05) is 49.8 Å². The molecule has 1 fully saturated rings. The lowest BCUT2D eigenvalue weighted by Gasteiger charge is -2.32. The average molecular weight is 481 g/mol. The maximum absolute atomic E-state index is 14.5. The lowest BCUT2D eigenvalue weighted by Crippen LogP contribution is -2.47. The zero-order chi connectivity index (χ0) is 24.9. The quantitative estimate of drug-likeness (QED) is 0.507. The normalized spacial score (nSPS) is 14.3. The van der Waals surface area contributed by atoms with E-state index < -0.39 is 11.6 Å². The molecule has 2 N–H and O–H groups in total. The number of nitrogens with zero attached hydrogens (tertiary/aromatic N) is 4. The predicted molar refractivity (Wildman–Crippen MR) is 130 cm³/mol. The molecule has 10 heteroatoms. The zero-order valence-electron chi connectivity index (χ0n) is 19.5. The Kier molecular flexibility index (Phi) is 7.21. The summed E-state index contributed by atoms with van der Waals surface area (Å²) in [4.78, 5) is 31.9. The molecular formula is C25H26F2N6O2. The number of piperazine rings is 1. The van der Waals surface area contributed by atoms with Gasteiger partial charge in [-0.1, -0.05) is 6.07 Å². The van der Waals surface area contributed by atoms with Crippen LogP contribution in [0.4, 0.5) is 20.3 Å². The van der Waals surface area contributed by atoms with Gasteiger partial charge in [-0.25, -0.2) is 13.8 Å². The molecule has 0 unspecified atom stereocenters. The molecule has 182 valence electrons. The van der Waals surface area contributed by atoms with Gasteiger partial charge < -0.3 is 20.4 Å². The fourth-order valence-electron chi connectivity index (χ4n) is 3.88. The van der Waals surface area contributed by atoms with E-state index >= 15 is 0 Å². The summed E-state index contributed by atoms with van der Waals surface area (Å²) < 4.78 is 30.5. The molecule has 0 radical (unpaired) electrons. The first-order valence-electron chi connectivity index (χ1n) is 11.1. The lowest BCUT2D eigenvalue weighted by atomic mass is 10.1. The second-order valence-electron chi connectivity index (χ2n) is 8.23. The van der Waals surface area contributed by atoms with Gasteiger partial charge in [-0.15, -0.1) is 0 Å². The van der Waals surface area contributed by atoms with Gasteiger partial charge in [-0.3, -0.25) is 14.2 Å². The molecule has 1 saturated heterocycles. The highest BCUT2D eigenvalue weighted by molar-refractivity contribution is 5.94. The Bertz CT molecular complexity index is 1230. The molecule has 1 aliphatic heterocycles. The van der Waals surface area contributed by atoms with Crippen molar-refractivity contribution in [1.29, 1.82) is 0 Å². The standard InChI is InChI=1S/C25H26F2N6O2/c1-17-23(29-19-8-6-18(7-9-19)25(35)32-14-12-31(2)13-15-32)30-24(33(17)11-10-28-16-34)22-20(26)4-3-5-21(22)27/h3-11,16,29H,12-15H2,1-2H3,(H,28,34)/b11-10-. The van der Waals surface area contributed by atoms with Crippen LogP contribution in [0.3, 0.4) is 0 Å². The molecule has 1 aliphatic rings. The molecule has 4 rings (SSSR count). The van der Waals surface area contributed by atoms with Crippen molar-refractivity contribution >= 4 is 30.0 Å². The monoisotopic (exact) mass is 480 g/mol. The summed E-state index contributed by atoms with van der Waals surface area (Å²) in [6, 6.07) is 10.6. The third-order valence-corrected chi connectivity index (χ3v) is 5.91. The summed E-state index contributed by atoms with van der Waals surface area (Å²) in [7, 11) is 2.03. The Labute approximate surface area is 201 Å². The van der Waals surface area contributed by atoms with E-state index in [2.05, 4.69) is 20.5 Å². The molecule has 2 heterocycles. The van der Waals surface area contributed by atoms with Crippen molar-refractivity contribution in [3.63, 3.8) is 0 Å². The Morgan fingerprint density at radius 2 is 1.69 bits per heavy atom. The van der Waals surface area contributed by atoms with Crippen LogP contribution in [0, 0.1) is 18.6 Å². The highest BCUT2D eigenvalue weighted by atomic mass is 19.1. The van der Waals surface area contributed by atoms with E-state index in [4.69, 9.17) is 0 Å². The van der Waals surface area contributed by atoms with Crippen molar-refractivity contribution in [2.24, 2.45) is 0 Å². The summed E-state index contributed by atoms with van der Waals surface area (Å²) in [5.74, 6) is -1.13. The van der Waals surface area contributed by atoms with E-state index in [0.717, 1.165) is 25.2 Å². The Morgan fingerprint density at radius 3 is 2.31 bits per heavy atom. The molecule has 35 heavy (non-hydrogen) atoms. The highest BCUT2D eigenvalue weighted by Gasteiger charge is 2.22. The molecule has 0 atom stereocenters. The van der Waals surface area contributed by atoms with Crippen LogP contribution >= 0.6 is 0 Å². The largest absolute Gasteiger partial charge is 0.339 e. The Morgan fingerprint density at radius 1 is 1.03 bits per heavy atom. The minimum Gasteiger partial charge on any atom is -0.339 e. The molecule has 2 aromatic carbocycles. The van der Waals surface area contributed by atoms with Crippen LogP contribution in [0.5, 0.6) is 0 Å². The van der Waals surface area contributed by atoms with Crippen molar-refractivity contribution in [1.82, 2.24) is 24.7 Å². The lowest BCUT2D eigenvalue weighted by molar-refractivity contribution is -0.108.